The third kappa shape index (κ3) is 6.27. The Hall–Kier alpha value is -3.95. The maximum atomic E-state index is 14.8. The predicted molar refractivity (Wildman–Crippen MR) is 160 cm³/mol. The van der Waals surface area contributed by atoms with Crippen molar-refractivity contribution >= 4 is 46.3 Å². The number of amides is 1. The van der Waals surface area contributed by atoms with Gasteiger partial charge in [0, 0.05) is 62.9 Å². The van der Waals surface area contributed by atoms with Gasteiger partial charge in [-0.05, 0) is 44.4 Å². The summed E-state index contributed by atoms with van der Waals surface area (Å²) in [4.78, 5) is 28.4. The first-order chi connectivity index (χ1) is 20.3. The molecule has 42 heavy (non-hydrogen) atoms. The average Bonchev–Trinajstić information content (AvgIpc) is 3.42. The summed E-state index contributed by atoms with van der Waals surface area (Å²) in [6.07, 6.45) is 4.83. The molecular formula is C29H29Cl2FN8O2. The third-order valence-corrected chi connectivity index (χ3v) is 7.71. The van der Waals surface area contributed by atoms with Gasteiger partial charge in [0.1, 0.15) is 6.07 Å². The van der Waals surface area contributed by atoms with Gasteiger partial charge < -0.3 is 19.9 Å². The number of nitrogens with zero attached hydrogens (tertiary/aromatic N) is 7. The van der Waals surface area contributed by atoms with E-state index >= 15 is 0 Å². The minimum Gasteiger partial charge on any atom is -0.476 e. The molecule has 1 amide bonds. The molecule has 0 unspecified atom stereocenters. The van der Waals surface area contributed by atoms with E-state index in [9.17, 15) is 9.18 Å². The first-order valence-corrected chi connectivity index (χ1v) is 14.1. The second-order valence-electron chi connectivity index (χ2n) is 10.1. The van der Waals surface area contributed by atoms with Gasteiger partial charge in [0.2, 0.25) is 0 Å². The highest BCUT2D eigenvalue weighted by molar-refractivity contribution is 6.34. The summed E-state index contributed by atoms with van der Waals surface area (Å²) in [6, 6.07) is 9.99. The molecule has 2 aromatic carbocycles. The molecule has 13 heteroatoms. The maximum Gasteiger partial charge on any atom is 0.255 e. The van der Waals surface area contributed by atoms with Crippen LogP contribution in [0.15, 0.2) is 48.9 Å². The van der Waals surface area contributed by atoms with Crippen LogP contribution in [-0.4, -0.2) is 94.9 Å². The minimum absolute atomic E-state index is 0.0925. The Morgan fingerprint density at radius 3 is 2.67 bits per heavy atom. The van der Waals surface area contributed by atoms with Crippen molar-refractivity contribution in [3.8, 4) is 23.1 Å². The van der Waals surface area contributed by atoms with Gasteiger partial charge in [-0.3, -0.25) is 14.1 Å². The summed E-state index contributed by atoms with van der Waals surface area (Å²) in [5.74, 6) is -0.533. The van der Waals surface area contributed by atoms with Crippen molar-refractivity contribution in [3.05, 3.63) is 70.3 Å². The number of halogens is 3. The number of fused-ring (bicyclic) bond motifs is 1. The fourth-order valence-corrected chi connectivity index (χ4v) is 5.26. The second kappa shape index (κ2) is 12.9. The van der Waals surface area contributed by atoms with Gasteiger partial charge in [0.25, 0.3) is 5.91 Å². The van der Waals surface area contributed by atoms with E-state index in [0.717, 1.165) is 26.2 Å². The number of benzene rings is 2. The number of carbonyl (C=O) groups excluding carboxylic acids is 1. The first kappa shape index (κ1) is 29.5. The van der Waals surface area contributed by atoms with E-state index in [4.69, 9.17) is 33.2 Å². The molecule has 1 fully saturated rings. The lowest BCUT2D eigenvalue weighted by atomic mass is 10.1. The third-order valence-electron chi connectivity index (χ3n) is 7.03. The quantitative estimate of drug-likeness (QED) is 0.288. The summed E-state index contributed by atoms with van der Waals surface area (Å²) >= 11 is 12.9. The van der Waals surface area contributed by atoms with E-state index < -0.39 is 5.82 Å². The molecule has 1 aliphatic rings. The predicted octanol–water partition coefficient (Wildman–Crippen LogP) is 4.81. The molecule has 0 bridgehead atoms. The standard InChI is InChI=1S/C29H29Cl2FN8O2/c1-37(2)10-11-38-12-14-39(15-13-38)29(41)20-4-3-19(17-22(20)30)36-27-28-35-18-23(40(28)9-8-34-27)21-5-6-24(42-16-7-33)26(32)25(21)31/h3-6,8-9,17-18H,10-16H2,1-2H3,(H,34,36). The molecule has 0 saturated carbocycles. The number of piperazine rings is 1. The fraction of sp³-hybridized carbons (Fsp3) is 0.310. The molecule has 0 spiro atoms. The van der Waals surface area contributed by atoms with Crippen molar-refractivity contribution in [1.82, 2.24) is 29.1 Å². The van der Waals surface area contributed by atoms with Crippen LogP contribution in [0.1, 0.15) is 10.4 Å². The number of anilines is 2. The largest absolute Gasteiger partial charge is 0.476 e. The summed E-state index contributed by atoms with van der Waals surface area (Å²) in [6.45, 7) is 4.63. The highest BCUT2D eigenvalue weighted by Crippen LogP contribution is 2.36. The van der Waals surface area contributed by atoms with Crippen molar-refractivity contribution < 1.29 is 13.9 Å². The van der Waals surface area contributed by atoms with Crippen LogP contribution in [0.3, 0.4) is 0 Å². The number of hydrogen-bond acceptors (Lipinski definition) is 8. The van der Waals surface area contributed by atoms with Gasteiger partial charge in [-0.2, -0.15) is 5.26 Å². The molecule has 2 aromatic heterocycles. The zero-order valence-corrected chi connectivity index (χ0v) is 24.7. The molecule has 4 aromatic rings. The van der Waals surface area contributed by atoms with Crippen molar-refractivity contribution in [2.24, 2.45) is 0 Å². The monoisotopic (exact) mass is 610 g/mol. The fourth-order valence-electron chi connectivity index (χ4n) is 4.75. The molecule has 1 aliphatic heterocycles. The molecule has 0 aliphatic carbocycles. The molecule has 1 saturated heterocycles. The Morgan fingerprint density at radius 1 is 1.17 bits per heavy atom. The van der Waals surface area contributed by atoms with E-state index in [0.29, 0.717) is 52.1 Å². The van der Waals surface area contributed by atoms with Gasteiger partial charge >= 0.3 is 0 Å². The average molecular weight is 612 g/mol. The molecule has 0 atom stereocenters. The number of nitriles is 1. The van der Waals surface area contributed by atoms with Crippen LogP contribution in [0.2, 0.25) is 10.0 Å². The van der Waals surface area contributed by atoms with Gasteiger partial charge in [-0.1, -0.05) is 23.2 Å². The van der Waals surface area contributed by atoms with Crippen molar-refractivity contribution in [3.63, 3.8) is 0 Å². The lowest BCUT2D eigenvalue weighted by molar-refractivity contribution is 0.0630. The Labute approximate surface area is 252 Å². The van der Waals surface area contributed by atoms with Crippen molar-refractivity contribution in [2.75, 3.05) is 65.3 Å². The number of hydrogen-bond donors (Lipinski definition) is 1. The van der Waals surface area contributed by atoms with Gasteiger partial charge in [-0.25, -0.2) is 14.4 Å². The molecular weight excluding hydrogens is 582 g/mol. The number of likely N-dealkylation sites (N-methyl/N-ethyl adjacent to an activating group) is 1. The van der Waals surface area contributed by atoms with Crippen LogP contribution in [0.4, 0.5) is 15.9 Å². The number of imidazole rings is 1. The molecule has 1 N–H and O–H groups in total. The van der Waals surface area contributed by atoms with E-state index in [1.54, 1.807) is 53.3 Å². The van der Waals surface area contributed by atoms with Crippen LogP contribution in [0, 0.1) is 17.1 Å². The lowest BCUT2D eigenvalue weighted by Gasteiger charge is -2.35. The number of ether oxygens (including phenoxy) is 1. The molecule has 10 nitrogen and oxygen atoms in total. The van der Waals surface area contributed by atoms with Gasteiger partial charge in [-0.15, -0.1) is 0 Å². The van der Waals surface area contributed by atoms with Crippen LogP contribution < -0.4 is 10.1 Å². The highest BCUT2D eigenvalue weighted by Gasteiger charge is 2.24. The summed E-state index contributed by atoms with van der Waals surface area (Å²) in [7, 11) is 4.11. The second-order valence-corrected chi connectivity index (χ2v) is 10.8. The van der Waals surface area contributed by atoms with Crippen molar-refractivity contribution in [2.45, 2.75) is 0 Å². The van der Waals surface area contributed by atoms with E-state index in [2.05, 4.69) is 39.2 Å². The topological polar surface area (TPSA) is 102 Å². The SMILES string of the molecule is CN(C)CCN1CCN(C(=O)c2ccc(Nc3nccn4c(-c5ccc(OCC#N)c(F)c5Cl)cnc34)cc2Cl)CC1. The van der Waals surface area contributed by atoms with E-state index in [-0.39, 0.29) is 23.3 Å². The Balaban J connectivity index is 1.31. The van der Waals surface area contributed by atoms with E-state index in [1.807, 2.05) is 4.90 Å². The number of rotatable bonds is 9. The number of carbonyl (C=O) groups is 1. The zero-order valence-electron chi connectivity index (χ0n) is 23.1. The molecule has 5 rings (SSSR count). The number of aromatic nitrogens is 3. The smallest absolute Gasteiger partial charge is 0.255 e. The van der Waals surface area contributed by atoms with Crippen LogP contribution in [-0.2, 0) is 0 Å². The van der Waals surface area contributed by atoms with Crippen molar-refractivity contribution in [1.29, 1.82) is 5.26 Å². The summed E-state index contributed by atoms with van der Waals surface area (Å²) in [5.41, 5.74) is 2.46. The normalized spacial score (nSPS) is 13.9. The van der Waals surface area contributed by atoms with Crippen LogP contribution in [0.5, 0.6) is 5.75 Å². The van der Waals surface area contributed by atoms with E-state index in [1.165, 1.54) is 6.07 Å². The maximum absolute atomic E-state index is 14.8. The Kier molecular flexibility index (Phi) is 9.09. The van der Waals surface area contributed by atoms with Crippen LogP contribution in [0.25, 0.3) is 16.9 Å². The Morgan fingerprint density at radius 2 is 1.95 bits per heavy atom. The molecule has 3 heterocycles. The Bertz CT molecular complexity index is 1650. The number of nitrogens with one attached hydrogen (secondary N) is 1. The minimum atomic E-state index is -0.762. The first-order valence-electron chi connectivity index (χ1n) is 13.3. The summed E-state index contributed by atoms with van der Waals surface area (Å²) < 4.78 is 21.6. The van der Waals surface area contributed by atoms with Crippen LogP contribution >= 0.6 is 23.2 Å². The lowest BCUT2D eigenvalue weighted by Crippen LogP contribution is -2.50. The van der Waals surface area contributed by atoms with Gasteiger partial charge in [0.05, 0.1) is 27.5 Å². The zero-order chi connectivity index (χ0) is 29.8. The van der Waals surface area contributed by atoms with Gasteiger partial charge in [0.15, 0.2) is 29.6 Å². The summed E-state index contributed by atoms with van der Waals surface area (Å²) in [5, 5.41) is 12.1. The molecule has 0 radical (unpaired) electrons. The highest BCUT2D eigenvalue weighted by atomic mass is 35.5. The molecule has 218 valence electrons.